The highest BCUT2D eigenvalue weighted by molar-refractivity contribution is 5.95. The number of rotatable bonds is 5. The Hall–Kier alpha value is -3.13. The molecule has 31 heavy (non-hydrogen) atoms. The molecule has 1 atom stereocenters. The first-order valence-corrected chi connectivity index (χ1v) is 10.6. The van der Waals surface area contributed by atoms with Crippen molar-refractivity contribution < 1.29 is 19.2 Å². The van der Waals surface area contributed by atoms with Crippen LogP contribution in [0.4, 0.5) is 11.4 Å². The summed E-state index contributed by atoms with van der Waals surface area (Å²) >= 11 is 0. The average molecular weight is 425 g/mol. The second-order valence-electron chi connectivity index (χ2n) is 8.09. The molecule has 0 spiro atoms. The number of benzene rings is 2. The molecule has 0 aliphatic carbocycles. The number of hydrogen-bond acceptors (Lipinski definition) is 6. The minimum atomic E-state index is -0.460. The van der Waals surface area contributed by atoms with E-state index in [4.69, 9.17) is 9.47 Å². The quantitative estimate of drug-likeness (QED) is 0.571. The lowest BCUT2D eigenvalue weighted by Crippen LogP contribution is -2.33. The number of nitro benzene ring substituents is 1. The van der Waals surface area contributed by atoms with Crippen LogP contribution in [-0.2, 0) is 4.79 Å². The Morgan fingerprint density at radius 3 is 2.71 bits per heavy atom. The van der Waals surface area contributed by atoms with E-state index in [-0.39, 0.29) is 29.9 Å². The van der Waals surface area contributed by atoms with Crippen LogP contribution in [-0.4, -0.2) is 42.0 Å². The van der Waals surface area contributed by atoms with Crippen molar-refractivity contribution in [1.82, 2.24) is 4.90 Å². The molecule has 0 unspecified atom stereocenters. The van der Waals surface area contributed by atoms with Crippen LogP contribution in [0, 0.1) is 24.0 Å². The van der Waals surface area contributed by atoms with E-state index in [2.05, 4.69) is 10.2 Å². The third-order valence-electron chi connectivity index (χ3n) is 6.04. The van der Waals surface area contributed by atoms with Gasteiger partial charge in [0.25, 0.3) is 5.69 Å². The van der Waals surface area contributed by atoms with Crippen LogP contribution < -0.4 is 14.8 Å². The fraction of sp³-hybridized carbons (Fsp3) is 0.435. The highest BCUT2D eigenvalue weighted by Gasteiger charge is 2.29. The molecule has 1 fully saturated rings. The van der Waals surface area contributed by atoms with Crippen LogP contribution in [0.15, 0.2) is 30.3 Å². The molecule has 0 saturated carbocycles. The molecule has 0 bridgehead atoms. The summed E-state index contributed by atoms with van der Waals surface area (Å²) in [5.74, 6) is 1.25. The third kappa shape index (κ3) is 4.49. The Bertz CT molecular complexity index is 1010. The van der Waals surface area contributed by atoms with Gasteiger partial charge in [0.05, 0.1) is 24.7 Å². The van der Waals surface area contributed by atoms with Crippen molar-refractivity contribution in [2.45, 2.75) is 39.2 Å². The number of nitrogens with zero attached hydrogens (tertiary/aromatic N) is 2. The molecule has 164 valence electrons. The Morgan fingerprint density at radius 2 is 1.94 bits per heavy atom. The van der Waals surface area contributed by atoms with Gasteiger partial charge in [-0.2, -0.15) is 0 Å². The van der Waals surface area contributed by atoms with E-state index in [0.29, 0.717) is 18.8 Å². The second-order valence-corrected chi connectivity index (χ2v) is 8.09. The van der Waals surface area contributed by atoms with Gasteiger partial charge in [0.15, 0.2) is 11.5 Å². The largest absolute Gasteiger partial charge is 0.490 e. The van der Waals surface area contributed by atoms with Gasteiger partial charge in [-0.15, -0.1) is 0 Å². The van der Waals surface area contributed by atoms with E-state index in [1.807, 2.05) is 25.1 Å². The molecule has 1 N–H and O–H groups in total. The van der Waals surface area contributed by atoms with Crippen LogP contribution in [0.25, 0.3) is 0 Å². The summed E-state index contributed by atoms with van der Waals surface area (Å²) in [7, 11) is 0. The van der Waals surface area contributed by atoms with Crippen LogP contribution in [0.2, 0.25) is 0 Å². The highest BCUT2D eigenvalue weighted by Crippen LogP contribution is 2.38. The standard InChI is InChI=1S/C23H27N3O5/c1-15-6-8-19(26(28)29)23(16(15)2)24-22(27)14-25-10-3-5-18(25)17-7-9-20-21(13-17)31-12-4-11-30-20/h6-9,13,18H,3-5,10-12,14H2,1-2H3,(H,24,27)/t18-/m0/s1. The molecule has 2 aliphatic heterocycles. The van der Waals surface area contributed by atoms with Gasteiger partial charge < -0.3 is 14.8 Å². The van der Waals surface area contributed by atoms with Gasteiger partial charge in [-0.05, 0) is 62.1 Å². The number of fused-ring (bicyclic) bond motifs is 1. The highest BCUT2D eigenvalue weighted by atomic mass is 16.6. The number of likely N-dealkylation sites (tertiary alicyclic amines) is 1. The first-order valence-electron chi connectivity index (χ1n) is 10.6. The smallest absolute Gasteiger partial charge is 0.293 e. The van der Waals surface area contributed by atoms with Gasteiger partial charge in [-0.1, -0.05) is 12.1 Å². The minimum absolute atomic E-state index is 0.0858. The molecule has 0 radical (unpaired) electrons. The molecule has 1 amide bonds. The Morgan fingerprint density at radius 1 is 1.16 bits per heavy atom. The molecule has 0 aromatic heterocycles. The summed E-state index contributed by atoms with van der Waals surface area (Å²) in [5.41, 5.74) is 2.89. The van der Waals surface area contributed by atoms with Gasteiger partial charge in [0.2, 0.25) is 5.91 Å². The van der Waals surface area contributed by atoms with Crippen molar-refractivity contribution >= 4 is 17.3 Å². The fourth-order valence-electron chi connectivity index (χ4n) is 4.25. The average Bonchev–Trinajstić information content (AvgIpc) is 3.06. The molecule has 2 heterocycles. The Balaban J connectivity index is 1.50. The number of amides is 1. The molecular formula is C23H27N3O5. The molecular weight excluding hydrogens is 398 g/mol. The third-order valence-corrected chi connectivity index (χ3v) is 6.04. The summed E-state index contributed by atoms with van der Waals surface area (Å²) in [5, 5.41) is 14.2. The number of aryl methyl sites for hydroxylation is 1. The number of hydrogen-bond donors (Lipinski definition) is 1. The van der Waals surface area contributed by atoms with Gasteiger partial charge in [-0.25, -0.2) is 0 Å². The van der Waals surface area contributed by atoms with Crippen molar-refractivity contribution in [2.24, 2.45) is 0 Å². The van der Waals surface area contributed by atoms with E-state index >= 15 is 0 Å². The van der Waals surface area contributed by atoms with Gasteiger partial charge in [-0.3, -0.25) is 19.8 Å². The zero-order valence-electron chi connectivity index (χ0n) is 17.8. The maximum Gasteiger partial charge on any atom is 0.293 e. The van der Waals surface area contributed by atoms with E-state index in [1.165, 1.54) is 6.07 Å². The lowest BCUT2D eigenvalue weighted by atomic mass is 10.0. The van der Waals surface area contributed by atoms with E-state index < -0.39 is 4.92 Å². The molecule has 2 aromatic carbocycles. The van der Waals surface area contributed by atoms with Crippen molar-refractivity contribution in [3.05, 3.63) is 57.1 Å². The van der Waals surface area contributed by atoms with E-state index in [9.17, 15) is 14.9 Å². The van der Waals surface area contributed by atoms with Gasteiger partial charge in [0, 0.05) is 18.5 Å². The van der Waals surface area contributed by atoms with Gasteiger partial charge >= 0.3 is 0 Å². The van der Waals surface area contributed by atoms with Gasteiger partial charge in [0.1, 0.15) is 5.69 Å². The van der Waals surface area contributed by atoms with Crippen molar-refractivity contribution in [3.8, 4) is 11.5 Å². The summed E-state index contributed by atoms with van der Waals surface area (Å²) < 4.78 is 11.5. The Labute approximate surface area is 181 Å². The summed E-state index contributed by atoms with van der Waals surface area (Å²) in [6, 6.07) is 9.21. The number of ether oxygens (including phenoxy) is 2. The lowest BCUT2D eigenvalue weighted by molar-refractivity contribution is -0.384. The zero-order chi connectivity index (χ0) is 22.0. The van der Waals surface area contributed by atoms with Crippen LogP contribution >= 0.6 is 0 Å². The van der Waals surface area contributed by atoms with E-state index in [0.717, 1.165) is 48.4 Å². The molecule has 8 heteroatoms. The van der Waals surface area contributed by atoms with Crippen LogP contribution in [0.1, 0.15) is 42.0 Å². The summed E-state index contributed by atoms with van der Waals surface area (Å²) in [4.78, 5) is 25.9. The van der Waals surface area contributed by atoms with Crippen molar-refractivity contribution in [2.75, 3.05) is 31.6 Å². The molecule has 4 rings (SSSR count). The summed E-state index contributed by atoms with van der Waals surface area (Å²) in [6.45, 7) is 5.89. The maximum atomic E-state index is 12.8. The van der Waals surface area contributed by atoms with Crippen molar-refractivity contribution in [1.29, 1.82) is 0 Å². The predicted octanol–water partition coefficient (Wildman–Crippen LogP) is 4.15. The zero-order valence-corrected chi connectivity index (χ0v) is 17.8. The number of anilines is 1. The summed E-state index contributed by atoms with van der Waals surface area (Å²) in [6.07, 6.45) is 2.77. The number of nitrogens with one attached hydrogen (secondary N) is 1. The van der Waals surface area contributed by atoms with Crippen LogP contribution in [0.3, 0.4) is 0 Å². The topological polar surface area (TPSA) is 93.9 Å². The maximum absolute atomic E-state index is 12.8. The van der Waals surface area contributed by atoms with Crippen LogP contribution in [0.5, 0.6) is 11.5 Å². The Kier molecular flexibility index (Phi) is 6.08. The fourth-order valence-corrected chi connectivity index (χ4v) is 4.25. The normalized spacial score (nSPS) is 18.5. The monoisotopic (exact) mass is 425 g/mol. The molecule has 2 aromatic rings. The minimum Gasteiger partial charge on any atom is -0.490 e. The second kappa shape index (κ2) is 8.93. The SMILES string of the molecule is Cc1ccc([N+](=O)[O-])c(NC(=O)CN2CCC[C@H]2c2ccc3c(c2)OCCCO3)c1C. The molecule has 1 saturated heterocycles. The van der Waals surface area contributed by atoms with Crippen molar-refractivity contribution in [3.63, 3.8) is 0 Å². The first-order chi connectivity index (χ1) is 14.9. The number of carbonyl (C=O) groups excluding carboxylic acids is 1. The lowest BCUT2D eigenvalue weighted by Gasteiger charge is -2.25. The number of nitro groups is 1. The first kappa shape index (κ1) is 21.1. The van der Waals surface area contributed by atoms with E-state index in [1.54, 1.807) is 13.0 Å². The number of carbonyl (C=O) groups is 1. The molecule has 2 aliphatic rings. The molecule has 8 nitrogen and oxygen atoms in total. The predicted molar refractivity (Wildman–Crippen MR) is 117 cm³/mol.